The van der Waals surface area contributed by atoms with Gasteiger partial charge in [-0.25, -0.2) is 9.97 Å². The number of para-hydroxylation sites is 1. The Kier molecular flexibility index (Phi) is 5.86. The third-order valence-corrected chi connectivity index (χ3v) is 5.07. The lowest BCUT2D eigenvalue weighted by atomic mass is 10.0. The van der Waals surface area contributed by atoms with E-state index in [1.807, 2.05) is 0 Å². The van der Waals surface area contributed by atoms with Gasteiger partial charge in [0.25, 0.3) is 0 Å². The molecule has 162 valence electrons. The van der Waals surface area contributed by atoms with Gasteiger partial charge in [0, 0.05) is 48.9 Å². The maximum absolute atomic E-state index is 12.7. The molecule has 4 nitrogen and oxygen atoms in total. The zero-order chi connectivity index (χ0) is 22.0. The van der Waals surface area contributed by atoms with Gasteiger partial charge in [-0.3, -0.25) is 4.90 Å². The normalized spacial score (nSPS) is 14.5. The van der Waals surface area contributed by atoms with Gasteiger partial charge < -0.3 is 4.74 Å². The molecule has 0 N–H and O–H groups in total. The van der Waals surface area contributed by atoms with E-state index in [0.29, 0.717) is 43.0 Å². The predicted octanol–water partition coefficient (Wildman–Crippen LogP) is 5.32. The van der Waals surface area contributed by atoms with Crippen molar-refractivity contribution in [2.75, 3.05) is 6.54 Å². The highest BCUT2D eigenvalue weighted by Crippen LogP contribution is 2.31. The zero-order valence-corrected chi connectivity index (χ0v) is 16.2. The molecule has 9 heteroatoms. The van der Waals surface area contributed by atoms with Crippen LogP contribution in [-0.4, -0.2) is 28.0 Å². The fourth-order valence-corrected chi connectivity index (χ4v) is 3.54. The highest BCUT2D eigenvalue weighted by atomic mass is 19.4. The number of benzene rings is 2. The summed E-state index contributed by atoms with van der Waals surface area (Å²) in [6, 6.07) is 11.4. The van der Waals surface area contributed by atoms with Gasteiger partial charge in [-0.05, 0) is 18.2 Å². The molecule has 4 rings (SSSR count). The van der Waals surface area contributed by atoms with E-state index in [2.05, 4.69) is 19.6 Å². The first kappa shape index (κ1) is 21.2. The molecule has 0 fully saturated rings. The highest BCUT2D eigenvalue weighted by molar-refractivity contribution is 5.56. The molecular formula is C22H18F5N3O. The summed E-state index contributed by atoms with van der Waals surface area (Å²) in [7, 11) is 0. The van der Waals surface area contributed by atoms with E-state index >= 15 is 0 Å². The van der Waals surface area contributed by atoms with Crippen molar-refractivity contribution in [3.63, 3.8) is 0 Å². The second-order valence-electron chi connectivity index (χ2n) is 7.19. The minimum Gasteiger partial charge on any atom is -0.434 e. The highest BCUT2D eigenvalue weighted by Gasteiger charge is 2.30. The maximum atomic E-state index is 12.7. The van der Waals surface area contributed by atoms with Crippen LogP contribution in [0.5, 0.6) is 5.75 Å². The lowest BCUT2D eigenvalue weighted by Gasteiger charge is -2.28. The topological polar surface area (TPSA) is 38.2 Å². The Balaban J connectivity index is 1.48. The van der Waals surface area contributed by atoms with E-state index in [1.165, 1.54) is 18.2 Å². The van der Waals surface area contributed by atoms with Gasteiger partial charge in [0.1, 0.15) is 5.75 Å². The van der Waals surface area contributed by atoms with Gasteiger partial charge in [0.2, 0.25) is 0 Å². The lowest BCUT2D eigenvalue weighted by molar-refractivity contribution is -0.137. The smallest absolute Gasteiger partial charge is 0.416 e. The van der Waals surface area contributed by atoms with Crippen LogP contribution in [0, 0.1) is 0 Å². The summed E-state index contributed by atoms with van der Waals surface area (Å²) in [4.78, 5) is 10.9. The van der Waals surface area contributed by atoms with E-state index in [9.17, 15) is 22.0 Å². The van der Waals surface area contributed by atoms with E-state index in [-0.39, 0.29) is 5.75 Å². The van der Waals surface area contributed by atoms with Crippen LogP contribution in [-0.2, 0) is 25.7 Å². The van der Waals surface area contributed by atoms with Crippen LogP contribution >= 0.6 is 0 Å². The molecule has 2 heterocycles. The number of aromatic nitrogens is 2. The maximum Gasteiger partial charge on any atom is 0.416 e. The van der Waals surface area contributed by atoms with Crippen LogP contribution in [0.2, 0.25) is 0 Å². The van der Waals surface area contributed by atoms with E-state index < -0.39 is 18.4 Å². The third-order valence-electron chi connectivity index (χ3n) is 5.07. The zero-order valence-electron chi connectivity index (χ0n) is 16.2. The summed E-state index contributed by atoms with van der Waals surface area (Å²) in [5.74, 6) is 0.522. The molecular weight excluding hydrogens is 417 g/mol. The number of hydrogen-bond acceptors (Lipinski definition) is 4. The van der Waals surface area contributed by atoms with E-state index in [4.69, 9.17) is 0 Å². The largest absolute Gasteiger partial charge is 0.434 e. The molecule has 0 radical (unpaired) electrons. The van der Waals surface area contributed by atoms with Gasteiger partial charge in [-0.1, -0.05) is 30.3 Å². The average Bonchev–Trinajstić information content (AvgIpc) is 2.74. The summed E-state index contributed by atoms with van der Waals surface area (Å²) < 4.78 is 68.1. The molecule has 0 spiro atoms. The molecule has 0 saturated heterocycles. The monoisotopic (exact) mass is 435 g/mol. The Bertz CT molecular complexity index is 1050. The number of rotatable bonds is 5. The SMILES string of the molecule is FC(F)Oc1ccccc1CN1CCc2nc(-c3ccc(C(F)(F)F)cc3)ncc2C1. The molecule has 0 bridgehead atoms. The van der Waals surface area contributed by atoms with Crippen molar-refractivity contribution in [1.82, 2.24) is 14.9 Å². The van der Waals surface area contributed by atoms with Crippen molar-refractivity contribution in [3.8, 4) is 17.1 Å². The lowest BCUT2D eigenvalue weighted by Crippen LogP contribution is -2.31. The number of ether oxygens (including phenoxy) is 1. The van der Waals surface area contributed by atoms with Crippen molar-refractivity contribution in [3.05, 3.63) is 77.1 Å². The molecule has 0 atom stereocenters. The number of nitrogens with zero attached hydrogens (tertiary/aromatic N) is 3. The molecule has 3 aromatic rings. The Morgan fingerprint density at radius 2 is 1.77 bits per heavy atom. The fourth-order valence-electron chi connectivity index (χ4n) is 3.54. The van der Waals surface area contributed by atoms with Gasteiger partial charge >= 0.3 is 12.8 Å². The molecule has 0 amide bonds. The first-order valence-corrected chi connectivity index (χ1v) is 9.57. The van der Waals surface area contributed by atoms with Crippen LogP contribution in [0.3, 0.4) is 0 Å². The number of alkyl halides is 5. The van der Waals surface area contributed by atoms with Crippen molar-refractivity contribution < 1.29 is 26.7 Å². The molecule has 31 heavy (non-hydrogen) atoms. The molecule has 1 aromatic heterocycles. The van der Waals surface area contributed by atoms with Crippen molar-refractivity contribution in [2.24, 2.45) is 0 Å². The predicted molar refractivity (Wildman–Crippen MR) is 103 cm³/mol. The number of hydrogen-bond donors (Lipinski definition) is 0. The van der Waals surface area contributed by atoms with Crippen LogP contribution in [0.1, 0.15) is 22.4 Å². The quantitative estimate of drug-likeness (QED) is 0.509. The van der Waals surface area contributed by atoms with Crippen molar-refractivity contribution in [2.45, 2.75) is 32.3 Å². The fraction of sp³-hybridized carbons (Fsp3) is 0.273. The summed E-state index contributed by atoms with van der Waals surface area (Å²) in [5, 5.41) is 0. The number of halogens is 5. The molecule has 0 aliphatic carbocycles. The first-order valence-electron chi connectivity index (χ1n) is 9.57. The second kappa shape index (κ2) is 8.58. The molecule has 0 saturated carbocycles. The molecule has 1 aliphatic rings. The minimum atomic E-state index is -4.39. The second-order valence-corrected chi connectivity index (χ2v) is 7.19. The van der Waals surface area contributed by atoms with Crippen molar-refractivity contribution in [1.29, 1.82) is 0 Å². The van der Waals surface area contributed by atoms with E-state index in [1.54, 1.807) is 24.4 Å². The van der Waals surface area contributed by atoms with Crippen molar-refractivity contribution >= 4 is 0 Å². The Labute approximate surface area is 175 Å². The van der Waals surface area contributed by atoms with Gasteiger partial charge in [-0.2, -0.15) is 22.0 Å². The van der Waals surface area contributed by atoms with Crippen LogP contribution in [0.25, 0.3) is 11.4 Å². The molecule has 2 aromatic carbocycles. The van der Waals surface area contributed by atoms with E-state index in [0.717, 1.165) is 23.4 Å². The summed E-state index contributed by atoms with van der Waals surface area (Å²) in [5.41, 5.74) is 2.18. The average molecular weight is 435 g/mol. The summed E-state index contributed by atoms with van der Waals surface area (Å²) >= 11 is 0. The Hall–Kier alpha value is -3.07. The van der Waals surface area contributed by atoms with Crippen LogP contribution in [0.4, 0.5) is 22.0 Å². The van der Waals surface area contributed by atoms with Gasteiger partial charge in [-0.15, -0.1) is 0 Å². The molecule has 1 aliphatic heterocycles. The first-order chi connectivity index (χ1) is 14.8. The summed E-state index contributed by atoms with van der Waals surface area (Å²) in [6.45, 7) is -1.27. The Morgan fingerprint density at radius 3 is 2.48 bits per heavy atom. The standard InChI is InChI=1S/C22H18F5N3O/c23-21(24)31-19-4-2-1-3-15(19)12-30-10-9-18-16(13-30)11-28-20(29-18)14-5-7-17(8-6-14)22(25,26)27/h1-8,11,21H,9-10,12-13H2. The number of fused-ring (bicyclic) bond motifs is 1. The Morgan fingerprint density at radius 1 is 1.03 bits per heavy atom. The van der Waals surface area contributed by atoms with Crippen LogP contribution in [0.15, 0.2) is 54.7 Å². The van der Waals surface area contributed by atoms with Gasteiger partial charge in [0.05, 0.1) is 11.3 Å². The van der Waals surface area contributed by atoms with Crippen LogP contribution < -0.4 is 4.74 Å². The van der Waals surface area contributed by atoms with Gasteiger partial charge in [0.15, 0.2) is 5.82 Å². The minimum absolute atomic E-state index is 0.150. The third kappa shape index (κ3) is 4.99. The molecule has 0 unspecified atom stereocenters. The summed E-state index contributed by atoms with van der Waals surface area (Å²) in [6.07, 6.45) is -2.11.